The summed E-state index contributed by atoms with van der Waals surface area (Å²) in [4.78, 5) is 13.4. The van der Waals surface area contributed by atoms with E-state index in [2.05, 4.69) is 24.5 Å². The molecule has 1 aromatic carbocycles. The lowest BCUT2D eigenvalue weighted by atomic mass is 10.1. The van der Waals surface area contributed by atoms with Gasteiger partial charge >= 0.3 is 6.03 Å². The zero-order valence-corrected chi connectivity index (χ0v) is 12.3. The number of benzene rings is 1. The Hall–Kier alpha value is -2.06. The molecule has 0 heterocycles. The minimum absolute atomic E-state index is 0.200. The van der Waals surface area contributed by atoms with Gasteiger partial charge in [0.2, 0.25) is 0 Å². The average Bonchev–Trinajstić information content (AvgIpc) is 2.45. The van der Waals surface area contributed by atoms with Gasteiger partial charge in [0.25, 0.3) is 0 Å². The van der Waals surface area contributed by atoms with E-state index in [1.165, 1.54) is 4.90 Å². The van der Waals surface area contributed by atoms with Gasteiger partial charge in [0.15, 0.2) is 0 Å². The Labute approximate surface area is 120 Å². The molecule has 108 valence electrons. The Kier molecular flexibility index (Phi) is 6.54. The number of rotatable bonds is 6. The van der Waals surface area contributed by atoms with Crippen molar-refractivity contribution in [3.05, 3.63) is 29.8 Å². The molecular weight excluding hydrogens is 252 g/mol. The third-order valence-corrected chi connectivity index (χ3v) is 3.05. The first kappa shape index (κ1) is 16.0. The van der Waals surface area contributed by atoms with Crippen LogP contribution in [-0.2, 0) is 0 Å². The zero-order chi connectivity index (χ0) is 15.0. The van der Waals surface area contributed by atoms with Crippen LogP contribution in [0, 0.1) is 11.3 Å². The van der Waals surface area contributed by atoms with Crippen molar-refractivity contribution in [3.63, 3.8) is 0 Å². The van der Waals surface area contributed by atoms with Gasteiger partial charge in [-0.05, 0) is 31.2 Å². The fourth-order valence-corrected chi connectivity index (χ4v) is 1.85. The maximum atomic E-state index is 11.9. The van der Waals surface area contributed by atoms with E-state index in [1.54, 1.807) is 7.05 Å². The molecule has 1 atom stereocenters. The van der Waals surface area contributed by atoms with Crippen molar-refractivity contribution in [1.82, 2.24) is 10.2 Å². The van der Waals surface area contributed by atoms with Gasteiger partial charge in [-0.2, -0.15) is 5.26 Å². The van der Waals surface area contributed by atoms with Gasteiger partial charge < -0.3 is 15.5 Å². The second-order valence-electron chi connectivity index (χ2n) is 4.66. The summed E-state index contributed by atoms with van der Waals surface area (Å²) in [5, 5.41) is 14.7. The van der Waals surface area contributed by atoms with E-state index in [0.717, 1.165) is 17.8 Å². The highest BCUT2D eigenvalue weighted by Gasteiger charge is 2.09. The number of carbonyl (C=O) groups is 1. The first-order valence-electron chi connectivity index (χ1n) is 6.81. The first-order chi connectivity index (χ1) is 9.58. The Bertz CT molecular complexity index is 481. The number of anilines is 1. The molecule has 0 aliphatic rings. The first-order valence-corrected chi connectivity index (χ1v) is 6.81. The summed E-state index contributed by atoms with van der Waals surface area (Å²) in [5.74, 6) is 0. The van der Waals surface area contributed by atoms with Crippen LogP contribution in [0.15, 0.2) is 24.3 Å². The quantitative estimate of drug-likeness (QED) is 0.838. The summed E-state index contributed by atoms with van der Waals surface area (Å²) in [6, 6.07) is 9.84. The third kappa shape index (κ3) is 4.90. The second-order valence-corrected chi connectivity index (χ2v) is 4.66. The molecule has 5 nitrogen and oxygen atoms in total. The minimum Gasteiger partial charge on any atom is -0.327 e. The SMILES string of the molecule is CCNC(C)c1cccc(NC(=O)N(C)CCC#N)c1. The van der Waals surface area contributed by atoms with Gasteiger partial charge in [-0.25, -0.2) is 4.79 Å². The van der Waals surface area contributed by atoms with Crippen LogP contribution in [0.25, 0.3) is 0 Å². The molecule has 5 heteroatoms. The topological polar surface area (TPSA) is 68.2 Å². The molecule has 1 unspecified atom stereocenters. The lowest BCUT2D eigenvalue weighted by Crippen LogP contribution is -2.32. The van der Waals surface area contributed by atoms with Crippen LogP contribution >= 0.6 is 0 Å². The molecule has 0 saturated carbocycles. The largest absolute Gasteiger partial charge is 0.327 e. The van der Waals surface area contributed by atoms with Gasteiger partial charge in [-0.3, -0.25) is 0 Å². The predicted molar refractivity (Wildman–Crippen MR) is 80.4 cm³/mol. The number of carbonyl (C=O) groups excluding carboxylic acids is 1. The molecule has 0 aliphatic heterocycles. The van der Waals surface area contributed by atoms with Gasteiger partial charge in [-0.15, -0.1) is 0 Å². The Morgan fingerprint density at radius 3 is 2.90 bits per heavy atom. The Balaban J connectivity index is 2.66. The van der Waals surface area contributed by atoms with Crippen molar-refractivity contribution >= 4 is 11.7 Å². The summed E-state index contributed by atoms with van der Waals surface area (Å²) in [5.41, 5.74) is 1.89. The number of hydrogen-bond donors (Lipinski definition) is 2. The zero-order valence-electron chi connectivity index (χ0n) is 12.3. The van der Waals surface area contributed by atoms with Crippen LogP contribution in [0.1, 0.15) is 31.9 Å². The van der Waals surface area contributed by atoms with Gasteiger partial charge in [-0.1, -0.05) is 19.1 Å². The van der Waals surface area contributed by atoms with Gasteiger partial charge in [0.1, 0.15) is 0 Å². The molecule has 0 bridgehead atoms. The van der Waals surface area contributed by atoms with E-state index >= 15 is 0 Å². The van der Waals surface area contributed by atoms with Crippen molar-refractivity contribution in [1.29, 1.82) is 5.26 Å². The number of urea groups is 1. The van der Waals surface area contributed by atoms with E-state index < -0.39 is 0 Å². The molecule has 0 saturated heterocycles. The minimum atomic E-state index is -0.200. The Morgan fingerprint density at radius 2 is 2.25 bits per heavy atom. The van der Waals surface area contributed by atoms with Crippen LogP contribution in [0.2, 0.25) is 0 Å². The van der Waals surface area contributed by atoms with Crippen LogP contribution < -0.4 is 10.6 Å². The van der Waals surface area contributed by atoms with E-state index in [0.29, 0.717) is 13.0 Å². The van der Waals surface area contributed by atoms with Crippen LogP contribution in [0.4, 0.5) is 10.5 Å². The molecule has 0 spiro atoms. The molecule has 1 rings (SSSR count). The highest BCUT2D eigenvalue weighted by atomic mass is 16.2. The molecule has 20 heavy (non-hydrogen) atoms. The fraction of sp³-hybridized carbons (Fsp3) is 0.467. The number of nitriles is 1. The smallest absolute Gasteiger partial charge is 0.321 e. The molecule has 0 fully saturated rings. The third-order valence-electron chi connectivity index (χ3n) is 3.05. The van der Waals surface area contributed by atoms with Crippen LogP contribution in [0.3, 0.4) is 0 Å². The lowest BCUT2D eigenvalue weighted by Gasteiger charge is -2.18. The molecule has 2 N–H and O–H groups in total. The van der Waals surface area contributed by atoms with Crippen molar-refractivity contribution < 1.29 is 4.79 Å². The number of amides is 2. The standard InChI is InChI=1S/C15H22N4O/c1-4-17-12(2)13-7-5-8-14(11-13)18-15(20)19(3)10-6-9-16/h5,7-8,11-12,17H,4,6,10H2,1-3H3,(H,18,20). The summed E-state index contributed by atoms with van der Waals surface area (Å²) >= 11 is 0. The maximum absolute atomic E-state index is 11.9. The Morgan fingerprint density at radius 1 is 1.50 bits per heavy atom. The highest BCUT2D eigenvalue weighted by Crippen LogP contribution is 2.17. The molecule has 2 amide bonds. The highest BCUT2D eigenvalue weighted by molar-refractivity contribution is 5.89. The van der Waals surface area contributed by atoms with E-state index in [-0.39, 0.29) is 12.1 Å². The van der Waals surface area contributed by atoms with Crippen LogP contribution in [-0.4, -0.2) is 31.1 Å². The summed E-state index contributed by atoms with van der Waals surface area (Å²) in [6.45, 7) is 5.47. The summed E-state index contributed by atoms with van der Waals surface area (Å²) in [6.07, 6.45) is 0.335. The van der Waals surface area contributed by atoms with Crippen LogP contribution in [0.5, 0.6) is 0 Å². The van der Waals surface area contributed by atoms with Crippen molar-refractivity contribution in [2.45, 2.75) is 26.3 Å². The summed E-state index contributed by atoms with van der Waals surface area (Å²) in [7, 11) is 1.68. The van der Waals surface area contributed by atoms with Crippen molar-refractivity contribution in [3.8, 4) is 6.07 Å². The van der Waals surface area contributed by atoms with E-state index in [1.807, 2.05) is 30.3 Å². The predicted octanol–water partition coefficient (Wildman–Crippen LogP) is 2.73. The monoisotopic (exact) mass is 274 g/mol. The van der Waals surface area contributed by atoms with E-state index in [9.17, 15) is 4.79 Å². The number of nitrogens with zero attached hydrogens (tertiary/aromatic N) is 2. The van der Waals surface area contributed by atoms with Crippen molar-refractivity contribution in [2.24, 2.45) is 0 Å². The molecule has 0 aliphatic carbocycles. The maximum Gasteiger partial charge on any atom is 0.321 e. The summed E-state index contributed by atoms with van der Waals surface area (Å²) < 4.78 is 0. The normalized spacial score (nSPS) is 11.5. The van der Waals surface area contributed by atoms with Crippen molar-refractivity contribution in [2.75, 3.05) is 25.5 Å². The number of nitrogens with one attached hydrogen (secondary N) is 2. The molecular formula is C15H22N4O. The van der Waals surface area contributed by atoms with E-state index in [4.69, 9.17) is 5.26 Å². The second kappa shape index (κ2) is 8.18. The lowest BCUT2D eigenvalue weighted by molar-refractivity contribution is 0.223. The fourth-order valence-electron chi connectivity index (χ4n) is 1.85. The molecule has 0 aromatic heterocycles. The average molecular weight is 274 g/mol. The van der Waals surface area contributed by atoms with Gasteiger partial charge in [0.05, 0.1) is 12.5 Å². The molecule has 1 aromatic rings. The number of hydrogen-bond acceptors (Lipinski definition) is 3. The van der Waals surface area contributed by atoms with Gasteiger partial charge in [0, 0.05) is 25.3 Å². The molecule has 0 radical (unpaired) electrons.